The van der Waals surface area contributed by atoms with Crippen molar-refractivity contribution in [2.45, 2.75) is 12.8 Å². The van der Waals surface area contributed by atoms with Gasteiger partial charge in [-0.05, 0) is 34.1 Å². The summed E-state index contributed by atoms with van der Waals surface area (Å²) in [6.07, 6.45) is 0.492. The Morgan fingerprint density at radius 1 is 1.55 bits per heavy atom. The molecule has 2 N–H and O–H groups in total. The molecule has 20 heavy (non-hydrogen) atoms. The third-order valence-electron chi connectivity index (χ3n) is 2.49. The molecule has 0 atom stereocenters. The van der Waals surface area contributed by atoms with E-state index in [0.717, 1.165) is 15.9 Å². The number of aliphatic carboxylic acids is 1. The first kappa shape index (κ1) is 14.5. The van der Waals surface area contributed by atoms with Crippen molar-refractivity contribution in [3.8, 4) is 6.07 Å². The smallest absolute Gasteiger partial charge is 0.303 e. The van der Waals surface area contributed by atoms with Gasteiger partial charge in [-0.1, -0.05) is 0 Å². The van der Waals surface area contributed by atoms with Gasteiger partial charge in [0.15, 0.2) is 5.13 Å². The molecule has 0 radical (unpaired) electrons. The van der Waals surface area contributed by atoms with Crippen LogP contribution in [0.25, 0.3) is 0 Å². The Kier molecular flexibility index (Phi) is 4.71. The summed E-state index contributed by atoms with van der Waals surface area (Å²) in [6, 6.07) is 7.29. The summed E-state index contributed by atoms with van der Waals surface area (Å²) < 4.78 is 0.777. The SMILES string of the molecule is N#Cc1ccc(Nc2nc(CCC(=O)O)cs2)c(Br)c1. The van der Waals surface area contributed by atoms with Crippen LogP contribution in [0.5, 0.6) is 0 Å². The van der Waals surface area contributed by atoms with Crippen LogP contribution in [0.2, 0.25) is 0 Å². The zero-order valence-corrected chi connectivity index (χ0v) is 12.7. The minimum absolute atomic E-state index is 0.0731. The van der Waals surface area contributed by atoms with E-state index in [0.29, 0.717) is 17.1 Å². The highest BCUT2D eigenvalue weighted by Gasteiger charge is 2.07. The zero-order chi connectivity index (χ0) is 14.5. The Balaban J connectivity index is 2.07. The Morgan fingerprint density at radius 3 is 3.00 bits per heavy atom. The molecule has 0 aliphatic rings. The summed E-state index contributed by atoms with van der Waals surface area (Å²) in [5, 5.41) is 23.1. The molecule has 5 nitrogen and oxygen atoms in total. The van der Waals surface area contributed by atoms with Crippen molar-refractivity contribution in [1.29, 1.82) is 5.26 Å². The van der Waals surface area contributed by atoms with Gasteiger partial charge in [-0.2, -0.15) is 5.26 Å². The number of nitrogens with one attached hydrogen (secondary N) is 1. The minimum Gasteiger partial charge on any atom is -0.481 e. The molecule has 7 heteroatoms. The second kappa shape index (κ2) is 6.50. The highest BCUT2D eigenvalue weighted by Crippen LogP contribution is 2.28. The van der Waals surface area contributed by atoms with Gasteiger partial charge in [0.05, 0.1) is 29.4 Å². The van der Waals surface area contributed by atoms with Gasteiger partial charge in [0.25, 0.3) is 0 Å². The zero-order valence-electron chi connectivity index (χ0n) is 10.3. The predicted molar refractivity (Wildman–Crippen MR) is 80.2 cm³/mol. The first-order valence-electron chi connectivity index (χ1n) is 5.71. The molecule has 1 aromatic heterocycles. The first-order chi connectivity index (χ1) is 9.58. The summed E-state index contributed by atoms with van der Waals surface area (Å²) in [4.78, 5) is 14.8. The highest BCUT2D eigenvalue weighted by atomic mass is 79.9. The number of thiazole rings is 1. The molecule has 1 heterocycles. The average Bonchev–Trinajstić information content (AvgIpc) is 2.86. The van der Waals surface area contributed by atoms with Gasteiger partial charge >= 0.3 is 5.97 Å². The molecule has 0 saturated carbocycles. The van der Waals surface area contributed by atoms with Crippen LogP contribution in [-0.2, 0) is 11.2 Å². The van der Waals surface area contributed by atoms with Crippen LogP contribution in [0.1, 0.15) is 17.7 Å². The molecule has 0 fully saturated rings. The van der Waals surface area contributed by atoms with E-state index in [9.17, 15) is 4.79 Å². The van der Waals surface area contributed by atoms with E-state index >= 15 is 0 Å². The number of benzene rings is 1. The molecular weight excluding hydrogens is 342 g/mol. The molecular formula is C13H10BrN3O2S. The maximum absolute atomic E-state index is 10.5. The van der Waals surface area contributed by atoms with Gasteiger partial charge in [-0.3, -0.25) is 4.79 Å². The second-order valence-corrected chi connectivity index (χ2v) is 5.68. The average molecular weight is 352 g/mol. The van der Waals surface area contributed by atoms with Crippen molar-refractivity contribution in [3.05, 3.63) is 39.3 Å². The molecule has 0 amide bonds. The number of hydrogen-bond acceptors (Lipinski definition) is 5. The van der Waals surface area contributed by atoms with Crippen molar-refractivity contribution < 1.29 is 9.90 Å². The standard InChI is InChI=1S/C13H10BrN3O2S/c14-10-5-8(6-15)1-3-11(10)17-13-16-9(7-20-13)2-4-12(18)19/h1,3,5,7H,2,4H2,(H,16,17)(H,18,19). The maximum atomic E-state index is 10.5. The van der Waals surface area contributed by atoms with Crippen molar-refractivity contribution in [1.82, 2.24) is 4.98 Å². The summed E-state index contributed by atoms with van der Waals surface area (Å²) in [7, 11) is 0. The molecule has 0 unspecified atom stereocenters. The van der Waals surface area contributed by atoms with Gasteiger partial charge in [0.2, 0.25) is 0 Å². The summed E-state index contributed by atoms with van der Waals surface area (Å²) in [6.45, 7) is 0. The number of halogens is 1. The van der Waals surface area contributed by atoms with E-state index in [1.165, 1.54) is 11.3 Å². The molecule has 1 aromatic carbocycles. The van der Waals surface area contributed by atoms with Gasteiger partial charge in [0.1, 0.15) is 0 Å². The fourth-order valence-corrected chi connectivity index (χ4v) is 2.75. The molecule has 0 saturated heterocycles. The summed E-state index contributed by atoms with van der Waals surface area (Å²) in [5.74, 6) is -0.831. The number of carbonyl (C=O) groups is 1. The topological polar surface area (TPSA) is 86.0 Å². The number of aromatic nitrogens is 1. The van der Waals surface area contributed by atoms with Crippen LogP contribution >= 0.6 is 27.3 Å². The fourth-order valence-electron chi connectivity index (χ4n) is 1.52. The molecule has 102 valence electrons. The number of anilines is 2. The van der Waals surface area contributed by atoms with E-state index in [2.05, 4.69) is 32.3 Å². The highest BCUT2D eigenvalue weighted by molar-refractivity contribution is 9.10. The van der Waals surface area contributed by atoms with Crippen molar-refractivity contribution >= 4 is 44.1 Å². The molecule has 2 rings (SSSR count). The van der Waals surface area contributed by atoms with Gasteiger partial charge in [-0.15, -0.1) is 11.3 Å². The molecule has 0 aliphatic heterocycles. The predicted octanol–water partition coefficient (Wildman–Crippen LogP) is 3.54. The lowest BCUT2D eigenvalue weighted by Crippen LogP contribution is -1.98. The van der Waals surface area contributed by atoms with E-state index in [1.807, 2.05) is 5.38 Å². The van der Waals surface area contributed by atoms with Crippen molar-refractivity contribution in [3.63, 3.8) is 0 Å². The lowest BCUT2D eigenvalue weighted by Gasteiger charge is -2.05. The lowest BCUT2D eigenvalue weighted by atomic mass is 10.2. The van der Waals surface area contributed by atoms with Gasteiger partial charge in [0, 0.05) is 16.3 Å². The Labute approximate surface area is 128 Å². The number of carboxylic acids is 1. The Morgan fingerprint density at radius 2 is 2.35 bits per heavy atom. The minimum atomic E-state index is -0.831. The third kappa shape index (κ3) is 3.79. The molecule has 0 bridgehead atoms. The van der Waals surface area contributed by atoms with Gasteiger partial charge in [-0.25, -0.2) is 4.98 Å². The third-order valence-corrected chi connectivity index (χ3v) is 3.95. The summed E-state index contributed by atoms with van der Waals surface area (Å²) in [5.41, 5.74) is 2.14. The fraction of sp³-hybridized carbons (Fsp3) is 0.154. The second-order valence-electron chi connectivity index (χ2n) is 3.97. The van der Waals surface area contributed by atoms with Crippen LogP contribution in [0.15, 0.2) is 28.1 Å². The number of hydrogen-bond donors (Lipinski definition) is 2. The van der Waals surface area contributed by atoms with E-state index in [4.69, 9.17) is 10.4 Å². The Hall–Kier alpha value is -1.91. The molecule has 0 spiro atoms. The van der Waals surface area contributed by atoms with Crippen LogP contribution < -0.4 is 5.32 Å². The maximum Gasteiger partial charge on any atom is 0.303 e. The number of nitriles is 1. The number of nitrogens with zero attached hydrogens (tertiary/aromatic N) is 2. The largest absolute Gasteiger partial charge is 0.481 e. The monoisotopic (exact) mass is 351 g/mol. The van der Waals surface area contributed by atoms with Crippen LogP contribution in [0.3, 0.4) is 0 Å². The van der Waals surface area contributed by atoms with E-state index < -0.39 is 5.97 Å². The first-order valence-corrected chi connectivity index (χ1v) is 7.38. The van der Waals surface area contributed by atoms with Crippen molar-refractivity contribution in [2.75, 3.05) is 5.32 Å². The van der Waals surface area contributed by atoms with E-state index in [1.54, 1.807) is 18.2 Å². The number of rotatable bonds is 5. The Bertz CT molecular complexity index is 678. The molecule has 2 aromatic rings. The van der Waals surface area contributed by atoms with Crippen molar-refractivity contribution in [2.24, 2.45) is 0 Å². The van der Waals surface area contributed by atoms with Crippen LogP contribution in [-0.4, -0.2) is 16.1 Å². The normalized spacial score (nSPS) is 10.0. The summed E-state index contributed by atoms with van der Waals surface area (Å²) >= 11 is 4.80. The van der Waals surface area contributed by atoms with Crippen LogP contribution in [0.4, 0.5) is 10.8 Å². The van der Waals surface area contributed by atoms with Gasteiger partial charge < -0.3 is 10.4 Å². The number of carboxylic acid groups (broad SMARTS) is 1. The molecule has 0 aliphatic carbocycles. The van der Waals surface area contributed by atoms with E-state index in [-0.39, 0.29) is 6.42 Å². The number of aryl methyl sites for hydroxylation is 1. The lowest BCUT2D eigenvalue weighted by molar-refractivity contribution is -0.136. The quantitative estimate of drug-likeness (QED) is 0.860. The van der Waals surface area contributed by atoms with Crippen LogP contribution in [0, 0.1) is 11.3 Å².